The molecular weight excluding hydrogens is 254 g/mol. The highest BCUT2D eigenvalue weighted by Crippen LogP contribution is 2.20. The maximum atomic E-state index is 9.46. The van der Waals surface area contributed by atoms with Crippen molar-refractivity contribution in [3.8, 4) is 5.75 Å². The molecule has 2 aromatic rings. The Morgan fingerprint density at radius 2 is 2.06 bits per heavy atom. The molecule has 0 aliphatic carbocycles. The summed E-state index contributed by atoms with van der Waals surface area (Å²) < 4.78 is 5.30. The highest BCUT2D eigenvalue weighted by atomic mass is 35.5. The zero-order chi connectivity index (χ0) is 13.1. The van der Waals surface area contributed by atoms with Gasteiger partial charge in [0.05, 0.1) is 6.54 Å². The first kappa shape index (κ1) is 12.9. The van der Waals surface area contributed by atoms with E-state index in [1.54, 1.807) is 13.0 Å². The molecule has 1 aromatic carbocycles. The third kappa shape index (κ3) is 3.45. The van der Waals surface area contributed by atoms with Gasteiger partial charge in [-0.05, 0) is 30.8 Å². The van der Waals surface area contributed by atoms with Gasteiger partial charge in [-0.1, -0.05) is 11.6 Å². The van der Waals surface area contributed by atoms with E-state index in [1.807, 2.05) is 18.0 Å². The Kier molecular flexibility index (Phi) is 3.84. The highest BCUT2D eigenvalue weighted by molar-refractivity contribution is 6.30. The van der Waals surface area contributed by atoms with Crippen molar-refractivity contribution in [3.05, 3.63) is 40.6 Å². The van der Waals surface area contributed by atoms with Gasteiger partial charge in [-0.3, -0.25) is 4.90 Å². The molecular formula is C12H14ClN3O2. The number of aromatic hydroxyl groups is 1. The Bertz CT molecular complexity index is 522. The molecule has 0 unspecified atom stereocenters. The molecule has 18 heavy (non-hydrogen) atoms. The molecule has 5 nitrogen and oxygen atoms in total. The lowest BCUT2D eigenvalue weighted by Crippen LogP contribution is -2.17. The number of aryl methyl sites for hydroxylation is 1. The van der Waals surface area contributed by atoms with Crippen molar-refractivity contribution >= 4 is 11.6 Å². The van der Waals surface area contributed by atoms with E-state index < -0.39 is 0 Å². The van der Waals surface area contributed by atoms with Crippen molar-refractivity contribution in [2.45, 2.75) is 20.0 Å². The summed E-state index contributed by atoms with van der Waals surface area (Å²) in [5, 5.41) is 17.7. The smallest absolute Gasteiger partial charge is 0.230 e. The van der Waals surface area contributed by atoms with Crippen molar-refractivity contribution < 1.29 is 9.52 Å². The molecule has 0 radical (unpaired) electrons. The van der Waals surface area contributed by atoms with Crippen LogP contribution in [0, 0.1) is 6.92 Å². The highest BCUT2D eigenvalue weighted by Gasteiger charge is 2.08. The van der Waals surface area contributed by atoms with Crippen molar-refractivity contribution in [1.82, 2.24) is 15.1 Å². The summed E-state index contributed by atoms with van der Waals surface area (Å²) in [5.74, 6) is 1.29. The minimum atomic E-state index is 0.166. The van der Waals surface area contributed by atoms with E-state index in [0.29, 0.717) is 29.9 Å². The van der Waals surface area contributed by atoms with Crippen LogP contribution in [-0.2, 0) is 13.1 Å². The quantitative estimate of drug-likeness (QED) is 0.921. The van der Waals surface area contributed by atoms with Gasteiger partial charge in [-0.15, -0.1) is 10.2 Å². The number of phenolic OH excluding ortho intramolecular Hbond substituents is 1. The zero-order valence-corrected chi connectivity index (χ0v) is 11.0. The van der Waals surface area contributed by atoms with Crippen LogP contribution in [-0.4, -0.2) is 27.3 Å². The molecule has 0 amide bonds. The van der Waals surface area contributed by atoms with Gasteiger partial charge in [-0.25, -0.2) is 0 Å². The first-order valence-electron chi connectivity index (χ1n) is 5.49. The summed E-state index contributed by atoms with van der Waals surface area (Å²) in [6.45, 7) is 2.94. The summed E-state index contributed by atoms with van der Waals surface area (Å²) in [6, 6.07) is 5.00. The monoisotopic (exact) mass is 267 g/mol. The van der Waals surface area contributed by atoms with Gasteiger partial charge < -0.3 is 9.52 Å². The van der Waals surface area contributed by atoms with Gasteiger partial charge in [-0.2, -0.15) is 0 Å². The fourth-order valence-corrected chi connectivity index (χ4v) is 1.98. The lowest BCUT2D eigenvalue weighted by atomic mass is 10.2. The number of hydrogen-bond acceptors (Lipinski definition) is 5. The summed E-state index contributed by atoms with van der Waals surface area (Å²) in [6.07, 6.45) is 0. The maximum Gasteiger partial charge on any atom is 0.230 e. The number of phenols is 1. The summed E-state index contributed by atoms with van der Waals surface area (Å²) in [7, 11) is 1.93. The topological polar surface area (TPSA) is 62.4 Å². The Hall–Kier alpha value is -1.59. The number of benzene rings is 1. The average Bonchev–Trinajstić information content (AvgIpc) is 2.61. The second kappa shape index (κ2) is 5.37. The summed E-state index contributed by atoms with van der Waals surface area (Å²) in [4.78, 5) is 2.00. The molecule has 0 fully saturated rings. The molecule has 0 spiro atoms. The van der Waals surface area contributed by atoms with Crippen molar-refractivity contribution in [1.29, 1.82) is 0 Å². The van der Waals surface area contributed by atoms with Crippen LogP contribution < -0.4 is 0 Å². The Morgan fingerprint density at radius 3 is 2.67 bits per heavy atom. The van der Waals surface area contributed by atoms with Crippen LogP contribution in [0.1, 0.15) is 17.3 Å². The molecule has 0 saturated heterocycles. The first-order valence-corrected chi connectivity index (χ1v) is 5.86. The van der Waals surface area contributed by atoms with Crippen LogP contribution in [0.15, 0.2) is 22.6 Å². The minimum Gasteiger partial charge on any atom is -0.508 e. The zero-order valence-electron chi connectivity index (χ0n) is 10.2. The minimum absolute atomic E-state index is 0.166. The predicted molar refractivity (Wildman–Crippen MR) is 67.3 cm³/mol. The fourth-order valence-electron chi connectivity index (χ4n) is 1.72. The van der Waals surface area contributed by atoms with Crippen LogP contribution in [0.4, 0.5) is 0 Å². The van der Waals surface area contributed by atoms with Gasteiger partial charge in [0.25, 0.3) is 0 Å². The Morgan fingerprint density at radius 1 is 1.28 bits per heavy atom. The van der Waals surface area contributed by atoms with Gasteiger partial charge in [0.1, 0.15) is 5.75 Å². The molecule has 0 bridgehead atoms. The van der Waals surface area contributed by atoms with Gasteiger partial charge >= 0.3 is 0 Å². The van der Waals surface area contributed by atoms with E-state index in [1.165, 1.54) is 6.07 Å². The van der Waals surface area contributed by atoms with Crippen molar-refractivity contribution in [2.24, 2.45) is 0 Å². The van der Waals surface area contributed by atoms with E-state index in [-0.39, 0.29) is 5.75 Å². The normalized spacial score (nSPS) is 11.1. The Balaban J connectivity index is 2.00. The van der Waals surface area contributed by atoms with Crippen LogP contribution in [0.5, 0.6) is 5.75 Å². The molecule has 0 aliphatic heterocycles. The molecule has 0 saturated carbocycles. The van der Waals surface area contributed by atoms with Gasteiger partial charge in [0.2, 0.25) is 11.8 Å². The maximum absolute atomic E-state index is 9.46. The van der Waals surface area contributed by atoms with Gasteiger partial charge in [0.15, 0.2) is 0 Å². The second-order valence-electron chi connectivity index (χ2n) is 4.20. The van der Waals surface area contributed by atoms with Crippen LogP contribution in [0.2, 0.25) is 5.02 Å². The number of hydrogen-bond donors (Lipinski definition) is 1. The molecule has 6 heteroatoms. The van der Waals surface area contributed by atoms with Crippen LogP contribution >= 0.6 is 11.6 Å². The number of aromatic nitrogens is 2. The van der Waals surface area contributed by atoms with Crippen LogP contribution in [0.3, 0.4) is 0 Å². The predicted octanol–water partition coefficient (Wildman–Crippen LogP) is 2.37. The lowest BCUT2D eigenvalue weighted by molar-refractivity contribution is 0.278. The van der Waals surface area contributed by atoms with E-state index in [0.717, 1.165) is 5.56 Å². The molecule has 1 heterocycles. The Labute approximate surface area is 110 Å². The molecule has 1 N–H and O–H groups in total. The second-order valence-corrected chi connectivity index (χ2v) is 4.64. The molecule has 0 atom stereocenters. The number of rotatable bonds is 4. The average molecular weight is 268 g/mol. The summed E-state index contributed by atoms with van der Waals surface area (Å²) >= 11 is 5.88. The standard InChI is InChI=1S/C12H14ClN3O2/c1-8-14-15-12(18-8)7-16(2)6-9-3-10(13)5-11(17)4-9/h3-5,17H,6-7H2,1-2H3. The van der Waals surface area contributed by atoms with Crippen molar-refractivity contribution in [2.75, 3.05) is 7.05 Å². The first-order chi connectivity index (χ1) is 8.52. The third-order valence-electron chi connectivity index (χ3n) is 2.37. The molecule has 2 rings (SSSR count). The van der Waals surface area contributed by atoms with Crippen molar-refractivity contribution in [3.63, 3.8) is 0 Å². The van der Waals surface area contributed by atoms with E-state index in [2.05, 4.69) is 10.2 Å². The van der Waals surface area contributed by atoms with E-state index in [4.69, 9.17) is 16.0 Å². The molecule has 96 valence electrons. The lowest BCUT2D eigenvalue weighted by Gasteiger charge is -2.14. The number of halogens is 1. The third-order valence-corrected chi connectivity index (χ3v) is 2.59. The van der Waals surface area contributed by atoms with E-state index in [9.17, 15) is 5.11 Å². The molecule has 0 aliphatic rings. The number of nitrogens with zero attached hydrogens (tertiary/aromatic N) is 3. The fraction of sp³-hybridized carbons (Fsp3) is 0.333. The largest absolute Gasteiger partial charge is 0.508 e. The SMILES string of the molecule is Cc1nnc(CN(C)Cc2cc(O)cc(Cl)c2)o1. The molecule has 1 aromatic heterocycles. The van der Waals surface area contributed by atoms with Gasteiger partial charge in [0, 0.05) is 18.5 Å². The summed E-state index contributed by atoms with van der Waals surface area (Å²) in [5.41, 5.74) is 0.929. The van der Waals surface area contributed by atoms with E-state index >= 15 is 0 Å². The van der Waals surface area contributed by atoms with Crippen LogP contribution in [0.25, 0.3) is 0 Å².